The molecule has 3 heterocycles. The number of aromatic nitrogens is 5. The van der Waals surface area contributed by atoms with Gasteiger partial charge >= 0.3 is 12.1 Å². The van der Waals surface area contributed by atoms with Crippen molar-refractivity contribution in [3.8, 4) is 28.5 Å². The molecule has 3 aromatic carbocycles. The average Bonchev–Trinajstić information content (AvgIpc) is 3.71. The average molecular weight is 578 g/mol. The fraction of sp³-hybridized carbons (Fsp3) is 0.0938. The molecule has 43 heavy (non-hydrogen) atoms. The summed E-state index contributed by atoms with van der Waals surface area (Å²) in [4.78, 5) is 25.0. The topological polar surface area (TPSA) is 103 Å². The third-order valence-corrected chi connectivity index (χ3v) is 7.02. The highest BCUT2D eigenvalue weighted by Gasteiger charge is 2.44. The summed E-state index contributed by atoms with van der Waals surface area (Å²) in [5, 5.41) is 14.9. The van der Waals surface area contributed by atoms with Gasteiger partial charge in [-0.2, -0.15) is 23.5 Å². The third-order valence-electron chi connectivity index (χ3n) is 7.02. The number of aromatic amines is 1. The van der Waals surface area contributed by atoms with Crippen molar-refractivity contribution in [1.29, 1.82) is 5.26 Å². The van der Waals surface area contributed by atoms with Crippen LogP contribution >= 0.6 is 0 Å². The molecule has 0 saturated heterocycles. The first-order valence-corrected chi connectivity index (χ1v) is 13.2. The molecule has 11 heteroatoms. The standard InChI is InChI=1S/C32H22F3N7O/c33-32(34,35)31(43)42(25-11-9-22(10-12-25)21-5-2-1-3-6-21)26-8-4-7-23(17-26)28(13-15-36)41-19-24(18-40-41)29-27-14-16-37-30(27)39-20-38-29/h1-12,14,16-20,28H,13H2,(H,37,38,39). The molecule has 3 aromatic heterocycles. The maximum atomic E-state index is 13.9. The number of carbonyl (C=O) groups is 1. The van der Waals surface area contributed by atoms with E-state index in [0.717, 1.165) is 16.5 Å². The molecule has 8 nitrogen and oxygen atoms in total. The summed E-state index contributed by atoms with van der Waals surface area (Å²) in [5.41, 5.74) is 4.23. The van der Waals surface area contributed by atoms with Crippen molar-refractivity contribution in [3.63, 3.8) is 0 Å². The van der Waals surface area contributed by atoms with Crippen LogP contribution in [0.3, 0.4) is 0 Å². The fourth-order valence-electron chi connectivity index (χ4n) is 5.00. The van der Waals surface area contributed by atoms with Crippen LogP contribution in [0.15, 0.2) is 110 Å². The highest BCUT2D eigenvalue weighted by atomic mass is 19.4. The van der Waals surface area contributed by atoms with E-state index in [9.17, 15) is 23.2 Å². The molecule has 0 radical (unpaired) electrons. The summed E-state index contributed by atoms with van der Waals surface area (Å²) < 4.78 is 43.1. The number of rotatable bonds is 7. The van der Waals surface area contributed by atoms with E-state index in [-0.39, 0.29) is 17.8 Å². The lowest BCUT2D eigenvalue weighted by atomic mass is 10.0. The predicted molar refractivity (Wildman–Crippen MR) is 155 cm³/mol. The van der Waals surface area contributed by atoms with Crippen LogP contribution in [-0.4, -0.2) is 36.8 Å². The summed E-state index contributed by atoms with van der Waals surface area (Å²) in [6.07, 6.45) is 1.37. The smallest absolute Gasteiger partial charge is 0.346 e. The second-order valence-electron chi connectivity index (χ2n) is 9.70. The highest BCUT2D eigenvalue weighted by Crippen LogP contribution is 2.35. The molecule has 1 unspecified atom stereocenters. The minimum Gasteiger partial charge on any atom is -0.346 e. The molecule has 0 spiro atoms. The van der Waals surface area contributed by atoms with Crippen molar-refractivity contribution in [2.75, 3.05) is 4.90 Å². The number of halogens is 3. The molecule has 0 aliphatic heterocycles. The van der Waals surface area contributed by atoms with E-state index in [2.05, 4.69) is 26.1 Å². The molecule has 1 amide bonds. The molecule has 1 atom stereocenters. The second-order valence-corrected chi connectivity index (χ2v) is 9.70. The quantitative estimate of drug-likeness (QED) is 0.216. The molecule has 6 rings (SSSR count). The number of nitrogens with one attached hydrogen (secondary N) is 1. The van der Waals surface area contributed by atoms with Crippen molar-refractivity contribution in [2.45, 2.75) is 18.6 Å². The summed E-state index contributed by atoms with van der Waals surface area (Å²) in [6.45, 7) is 0. The Balaban J connectivity index is 1.38. The number of carbonyl (C=O) groups excluding carboxylic acids is 1. The van der Waals surface area contributed by atoms with E-state index in [1.807, 2.05) is 36.4 Å². The molecular formula is C32H22F3N7O. The lowest BCUT2D eigenvalue weighted by Crippen LogP contribution is -2.38. The fourth-order valence-corrected chi connectivity index (χ4v) is 5.00. The largest absolute Gasteiger partial charge is 0.472 e. The molecular weight excluding hydrogens is 555 g/mol. The van der Waals surface area contributed by atoms with Crippen LogP contribution in [0.25, 0.3) is 33.4 Å². The summed E-state index contributed by atoms with van der Waals surface area (Å²) in [7, 11) is 0. The van der Waals surface area contributed by atoms with Crippen LogP contribution in [0.1, 0.15) is 18.0 Å². The second kappa shape index (κ2) is 11.3. The van der Waals surface area contributed by atoms with Crippen LogP contribution in [0.2, 0.25) is 0 Å². The number of alkyl halides is 3. The minimum atomic E-state index is -5.13. The maximum absolute atomic E-state index is 13.9. The molecule has 6 aromatic rings. The molecule has 0 saturated carbocycles. The first kappa shape index (κ1) is 27.4. The number of benzene rings is 3. The Bertz CT molecular complexity index is 1940. The molecule has 1 N–H and O–H groups in total. The van der Waals surface area contributed by atoms with Crippen molar-refractivity contribution < 1.29 is 18.0 Å². The van der Waals surface area contributed by atoms with Crippen LogP contribution in [0.5, 0.6) is 0 Å². The van der Waals surface area contributed by atoms with Gasteiger partial charge < -0.3 is 4.98 Å². The Morgan fingerprint density at radius 3 is 2.44 bits per heavy atom. The summed E-state index contributed by atoms with van der Waals surface area (Å²) in [6, 6.07) is 25.2. The van der Waals surface area contributed by atoms with Crippen molar-refractivity contribution in [3.05, 3.63) is 115 Å². The van der Waals surface area contributed by atoms with Gasteiger partial charge in [0.25, 0.3) is 0 Å². The zero-order valence-corrected chi connectivity index (χ0v) is 22.4. The van der Waals surface area contributed by atoms with Crippen LogP contribution in [0.4, 0.5) is 24.5 Å². The van der Waals surface area contributed by atoms with Gasteiger partial charge in [0.15, 0.2) is 0 Å². The monoisotopic (exact) mass is 577 g/mol. The SMILES string of the molecule is N#CCC(c1cccc(N(C(=O)C(F)(F)F)c2ccc(-c3ccccc3)cc2)c1)n1cc(-c2ncnc3[nH]ccc23)cn1. The number of amides is 1. The first-order chi connectivity index (χ1) is 20.8. The van der Waals surface area contributed by atoms with E-state index in [4.69, 9.17) is 0 Å². The first-order valence-electron chi connectivity index (χ1n) is 13.2. The van der Waals surface area contributed by atoms with Gasteiger partial charge in [-0.25, -0.2) is 9.97 Å². The van der Waals surface area contributed by atoms with Crippen molar-refractivity contribution in [1.82, 2.24) is 24.7 Å². The van der Waals surface area contributed by atoms with Crippen molar-refractivity contribution >= 4 is 28.3 Å². The summed E-state index contributed by atoms with van der Waals surface area (Å²) >= 11 is 0. The summed E-state index contributed by atoms with van der Waals surface area (Å²) in [5.74, 6) is -2.03. The Kier molecular flexibility index (Phi) is 7.17. The lowest BCUT2D eigenvalue weighted by molar-refractivity contribution is -0.169. The predicted octanol–water partition coefficient (Wildman–Crippen LogP) is 7.22. The number of hydrogen-bond acceptors (Lipinski definition) is 5. The van der Waals surface area contributed by atoms with E-state index < -0.39 is 18.1 Å². The van der Waals surface area contributed by atoms with Gasteiger partial charge in [-0.3, -0.25) is 14.4 Å². The van der Waals surface area contributed by atoms with Gasteiger partial charge in [-0.1, -0.05) is 54.6 Å². The van der Waals surface area contributed by atoms with E-state index in [1.165, 1.54) is 30.6 Å². The molecule has 0 bridgehead atoms. The van der Waals surface area contributed by atoms with Crippen LogP contribution in [0, 0.1) is 11.3 Å². The van der Waals surface area contributed by atoms with Crippen LogP contribution < -0.4 is 4.90 Å². The molecule has 212 valence electrons. The maximum Gasteiger partial charge on any atom is 0.472 e. The number of nitriles is 1. The normalized spacial score (nSPS) is 12.1. The number of anilines is 2. The van der Waals surface area contributed by atoms with Gasteiger partial charge in [0, 0.05) is 34.7 Å². The van der Waals surface area contributed by atoms with E-state index in [0.29, 0.717) is 27.4 Å². The number of hydrogen-bond donors (Lipinski definition) is 1. The number of nitrogens with zero attached hydrogens (tertiary/aromatic N) is 6. The van der Waals surface area contributed by atoms with E-state index in [1.54, 1.807) is 47.5 Å². The number of H-pyrrole nitrogens is 1. The Morgan fingerprint density at radius 1 is 0.930 bits per heavy atom. The lowest BCUT2D eigenvalue weighted by Gasteiger charge is -2.25. The van der Waals surface area contributed by atoms with Crippen molar-refractivity contribution in [2.24, 2.45) is 0 Å². The zero-order chi connectivity index (χ0) is 30.0. The molecule has 0 aliphatic rings. The van der Waals surface area contributed by atoms with Gasteiger partial charge in [0.1, 0.15) is 12.0 Å². The van der Waals surface area contributed by atoms with E-state index >= 15 is 0 Å². The zero-order valence-electron chi connectivity index (χ0n) is 22.4. The van der Waals surface area contributed by atoms with Gasteiger partial charge in [0.2, 0.25) is 0 Å². The third kappa shape index (κ3) is 5.46. The Morgan fingerprint density at radius 2 is 1.70 bits per heavy atom. The Hall–Kier alpha value is -5.76. The highest BCUT2D eigenvalue weighted by molar-refractivity contribution is 6.04. The van der Waals surface area contributed by atoms with Gasteiger partial charge in [0.05, 0.1) is 30.4 Å². The molecule has 0 aliphatic carbocycles. The Labute approximate surface area is 243 Å². The molecule has 0 fully saturated rings. The minimum absolute atomic E-state index is 0.00689. The van der Waals surface area contributed by atoms with Crippen LogP contribution in [-0.2, 0) is 4.79 Å². The van der Waals surface area contributed by atoms with Gasteiger partial charge in [-0.05, 0) is 47.0 Å². The number of fused-ring (bicyclic) bond motifs is 1. The van der Waals surface area contributed by atoms with Gasteiger partial charge in [-0.15, -0.1) is 0 Å².